The van der Waals surface area contributed by atoms with Gasteiger partial charge in [-0.05, 0) is 44.0 Å². The predicted octanol–water partition coefficient (Wildman–Crippen LogP) is 1.95. The van der Waals surface area contributed by atoms with Crippen LogP contribution in [-0.4, -0.2) is 46.6 Å². The third kappa shape index (κ3) is 4.16. The number of nitrogens with one attached hydrogen (secondary N) is 1. The van der Waals surface area contributed by atoms with Crippen LogP contribution in [-0.2, 0) is 14.8 Å². The summed E-state index contributed by atoms with van der Waals surface area (Å²) in [5.74, 6) is 1.42. The van der Waals surface area contributed by atoms with Gasteiger partial charge in [0.15, 0.2) is 0 Å². The summed E-state index contributed by atoms with van der Waals surface area (Å²) in [7, 11) is -0.287. The number of rotatable bonds is 9. The van der Waals surface area contributed by atoms with Gasteiger partial charge in [0, 0.05) is 13.7 Å². The zero-order valence-corrected chi connectivity index (χ0v) is 14.7. The normalized spacial score (nSPS) is 18.0. The van der Waals surface area contributed by atoms with E-state index in [1.54, 1.807) is 31.4 Å². The van der Waals surface area contributed by atoms with Crippen molar-refractivity contribution in [3.8, 4) is 11.5 Å². The number of ether oxygens (including phenoxy) is 3. The van der Waals surface area contributed by atoms with Gasteiger partial charge >= 0.3 is 0 Å². The molecule has 130 valence electrons. The average Bonchev–Trinajstić information content (AvgIpc) is 2.49. The van der Waals surface area contributed by atoms with Crippen LogP contribution in [0.3, 0.4) is 0 Å². The molecule has 0 bridgehead atoms. The molecular formula is C16H25NO5S. The smallest absolute Gasteiger partial charge is 0.219 e. The highest BCUT2D eigenvalue weighted by Crippen LogP contribution is 2.39. The lowest BCUT2D eigenvalue weighted by Gasteiger charge is -2.40. The van der Waals surface area contributed by atoms with Crippen LogP contribution in [0.25, 0.3) is 0 Å². The number of hydrogen-bond acceptors (Lipinski definition) is 5. The van der Waals surface area contributed by atoms with Gasteiger partial charge in [0.1, 0.15) is 22.4 Å². The zero-order chi connectivity index (χ0) is 16.9. The first kappa shape index (κ1) is 18.0. The van der Waals surface area contributed by atoms with Crippen molar-refractivity contribution in [3.05, 3.63) is 24.3 Å². The monoisotopic (exact) mass is 343 g/mol. The Labute approximate surface area is 138 Å². The van der Waals surface area contributed by atoms with E-state index in [9.17, 15) is 8.42 Å². The highest BCUT2D eigenvalue weighted by Gasteiger charge is 2.48. The Kier molecular flexibility index (Phi) is 5.89. The van der Waals surface area contributed by atoms with Crippen molar-refractivity contribution < 1.29 is 22.6 Å². The maximum absolute atomic E-state index is 12.5. The molecule has 0 aromatic heterocycles. The van der Waals surface area contributed by atoms with Crippen molar-refractivity contribution in [2.75, 3.05) is 27.4 Å². The molecule has 0 saturated heterocycles. The highest BCUT2D eigenvalue weighted by molar-refractivity contribution is 7.91. The summed E-state index contributed by atoms with van der Waals surface area (Å²) in [4.78, 5) is 0. The Morgan fingerprint density at radius 3 is 2.26 bits per heavy atom. The summed E-state index contributed by atoms with van der Waals surface area (Å²) < 4.78 is 42.8. The molecule has 2 rings (SSSR count). The van der Waals surface area contributed by atoms with Crippen LogP contribution in [0.1, 0.15) is 26.2 Å². The summed E-state index contributed by atoms with van der Waals surface area (Å²) in [6, 6.07) is 7.19. The van der Waals surface area contributed by atoms with Crippen molar-refractivity contribution in [2.24, 2.45) is 0 Å². The molecule has 1 aromatic rings. The van der Waals surface area contributed by atoms with Gasteiger partial charge < -0.3 is 14.2 Å². The van der Waals surface area contributed by atoms with E-state index in [4.69, 9.17) is 14.2 Å². The van der Waals surface area contributed by atoms with Crippen LogP contribution in [0.15, 0.2) is 24.3 Å². The quantitative estimate of drug-likeness (QED) is 0.742. The summed E-state index contributed by atoms with van der Waals surface area (Å²) in [5, 5.41) is 0. The van der Waals surface area contributed by atoms with E-state index in [0.717, 1.165) is 12.2 Å². The number of benzene rings is 1. The van der Waals surface area contributed by atoms with Crippen molar-refractivity contribution >= 4 is 10.0 Å². The molecule has 1 fully saturated rings. The van der Waals surface area contributed by atoms with E-state index in [1.165, 1.54) is 7.11 Å². The highest BCUT2D eigenvalue weighted by atomic mass is 32.2. The molecule has 1 N–H and O–H groups in total. The standard InChI is InChI=1S/C16H25NO5S/c1-13(22-15-7-5-14(21-3)6-8-15)11-17-23(18,19)16(12-20-2)9-4-10-16/h5-8,13,17H,4,9-12H2,1-3H3. The second-order valence-corrected chi connectivity index (χ2v) is 8.09. The Morgan fingerprint density at radius 2 is 1.78 bits per heavy atom. The van der Waals surface area contributed by atoms with Crippen LogP contribution in [0.5, 0.6) is 11.5 Å². The van der Waals surface area contributed by atoms with E-state index >= 15 is 0 Å². The molecule has 0 aliphatic heterocycles. The minimum absolute atomic E-state index is 0.222. The van der Waals surface area contributed by atoms with Gasteiger partial charge in [-0.15, -0.1) is 0 Å². The van der Waals surface area contributed by atoms with Gasteiger partial charge in [-0.25, -0.2) is 13.1 Å². The molecule has 0 amide bonds. The van der Waals surface area contributed by atoms with E-state index in [-0.39, 0.29) is 19.3 Å². The SMILES string of the molecule is COCC1(S(=O)(=O)NCC(C)Oc2ccc(OC)cc2)CCC1. The molecule has 1 aliphatic rings. The minimum Gasteiger partial charge on any atom is -0.497 e. The van der Waals surface area contributed by atoms with Crippen molar-refractivity contribution in [2.45, 2.75) is 37.0 Å². The fraction of sp³-hybridized carbons (Fsp3) is 0.625. The molecule has 23 heavy (non-hydrogen) atoms. The van der Waals surface area contributed by atoms with E-state index in [1.807, 2.05) is 6.92 Å². The molecule has 6 nitrogen and oxygen atoms in total. The van der Waals surface area contributed by atoms with Crippen LogP contribution in [0, 0.1) is 0 Å². The predicted molar refractivity (Wildman–Crippen MR) is 88.5 cm³/mol. The number of sulfonamides is 1. The molecule has 1 aliphatic carbocycles. The number of hydrogen-bond donors (Lipinski definition) is 1. The largest absolute Gasteiger partial charge is 0.497 e. The molecule has 7 heteroatoms. The molecule has 1 aromatic carbocycles. The molecular weight excluding hydrogens is 318 g/mol. The van der Waals surface area contributed by atoms with Crippen LogP contribution >= 0.6 is 0 Å². The van der Waals surface area contributed by atoms with E-state index in [0.29, 0.717) is 18.6 Å². The lowest BCUT2D eigenvalue weighted by atomic mass is 9.85. The molecule has 0 spiro atoms. The second-order valence-electron chi connectivity index (χ2n) is 5.93. The first-order valence-corrected chi connectivity index (χ1v) is 9.20. The van der Waals surface area contributed by atoms with E-state index in [2.05, 4.69) is 4.72 Å². The summed E-state index contributed by atoms with van der Waals surface area (Å²) in [6.45, 7) is 2.28. The molecule has 1 saturated carbocycles. The maximum Gasteiger partial charge on any atom is 0.219 e. The van der Waals surface area contributed by atoms with Crippen LogP contribution in [0.4, 0.5) is 0 Å². The molecule has 0 heterocycles. The lowest BCUT2D eigenvalue weighted by molar-refractivity contribution is 0.125. The third-order valence-corrected chi connectivity index (χ3v) is 6.41. The van der Waals surface area contributed by atoms with E-state index < -0.39 is 14.8 Å². The summed E-state index contributed by atoms with van der Waals surface area (Å²) >= 11 is 0. The molecule has 1 unspecified atom stereocenters. The zero-order valence-electron chi connectivity index (χ0n) is 13.9. The fourth-order valence-corrected chi connectivity index (χ4v) is 4.49. The van der Waals surface area contributed by atoms with Gasteiger partial charge in [-0.1, -0.05) is 6.42 Å². The van der Waals surface area contributed by atoms with Crippen LogP contribution < -0.4 is 14.2 Å². The van der Waals surface area contributed by atoms with Gasteiger partial charge in [0.25, 0.3) is 0 Å². The van der Waals surface area contributed by atoms with Crippen molar-refractivity contribution in [1.82, 2.24) is 4.72 Å². The fourth-order valence-electron chi connectivity index (χ4n) is 2.63. The average molecular weight is 343 g/mol. The van der Waals surface area contributed by atoms with Gasteiger partial charge in [0.05, 0.1) is 13.7 Å². The number of methoxy groups -OCH3 is 2. The topological polar surface area (TPSA) is 73.9 Å². The Balaban J connectivity index is 1.88. The Bertz CT molecular complexity index is 595. The molecule has 1 atom stereocenters. The van der Waals surface area contributed by atoms with Crippen molar-refractivity contribution in [3.63, 3.8) is 0 Å². The Morgan fingerprint density at radius 1 is 1.17 bits per heavy atom. The maximum atomic E-state index is 12.5. The van der Waals surface area contributed by atoms with Crippen molar-refractivity contribution in [1.29, 1.82) is 0 Å². The molecule has 0 radical (unpaired) electrons. The van der Waals surface area contributed by atoms with Gasteiger partial charge in [0.2, 0.25) is 10.0 Å². The van der Waals surface area contributed by atoms with Gasteiger partial charge in [-0.3, -0.25) is 0 Å². The third-order valence-electron chi connectivity index (χ3n) is 4.20. The first-order chi connectivity index (χ1) is 10.9. The lowest BCUT2D eigenvalue weighted by Crippen LogP contribution is -2.55. The minimum atomic E-state index is -3.42. The first-order valence-electron chi connectivity index (χ1n) is 7.71. The summed E-state index contributed by atoms with van der Waals surface area (Å²) in [5.41, 5.74) is 0. The Hall–Kier alpha value is -1.31. The second kappa shape index (κ2) is 7.51. The van der Waals surface area contributed by atoms with Crippen LogP contribution in [0.2, 0.25) is 0 Å². The van der Waals surface area contributed by atoms with Gasteiger partial charge in [-0.2, -0.15) is 0 Å². The summed E-state index contributed by atoms with van der Waals surface area (Å²) in [6.07, 6.45) is 1.92.